The van der Waals surface area contributed by atoms with E-state index in [0.29, 0.717) is 0 Å². The number of aryl methyl sites for hydroxylation is 1. The molecule has 3 aromatic rings. The quantitative estimate of drug-likeness (QED) is 0.644. The van der Waals surface area contributed by atoms with Gasteiger partial charge in [0.25, 0.3) is 0 Å². The fourth-order valence-corrected chi connectivity index (χ4v) is 3.02. The van der Waals surface area contributed by atoms with E-state index in [2.05, 4.69) is 86.3 Å². The van der Waals surface area contributed by atoms with Crippen LogP contribution in [0.3, 0.4) is 0 Å². The zero-order chi connectivity index (χ0) is 14.2. The number of aromatic nitrogens is 1. The van der Waals surface area contributed by atoms with Gasteiger partial charge in [-0.25, -0.2) is 0 Å². The van der Waals surface area contributed by atoms with Gasteiger partial charge in [-0.2, -0.15) is 0 Å². The SMILES string of the molecule is [CH2]CC(C)(c1ccccc1)c1cn(C)c2ccccc12. The second-order valence-electron chi connectivity index (χ2n) is 5.62. The highest BCUT2D eigenvalue weighted by atomic mass is 14.9. The van der Waals surface area contributed by atoms with Crippen LogP contribution in [0, 0.1) is 6.92 Å². The van der Waals surface area contributed by atoms with E-state index in [1.807, 2.05) is 0 Å². The van der Waals surface area contributed by atoms with Crippen molar-refractivity contribution in [2.75, 3.05) is 0 Å². The van der Waals surface area contributed by atoms with E-state index < -0.39 is 0 Å². The molecule has 2 aromatic carbocycles. The van der Waals surface area contributed by atoms with Gasteiger partial charge >= 0.3 is 0 Å². The van der Waals surface area contributed by atoms with Crippen molar-refractivity contribution in [3.63, 3.8) is 0 Å². The molecule has 1 nitrogen and oxygen atoms in total. The third-order valence-corrected chi connectivity index (χ3v) is 4.40. The summed E-state index contributed by atoms with van der Waals surface area (Å²) in [5.41, 5.74) is 3.91. The number of para-hydroxylation sites is 1. The van der Waals surface area contributed by atoms with E-state index in [1.165, 1.54) is 22.0 Å². The van der Waals surface area contributed by atoms with Gasteiger partial charge in [0.2, 0.25) is 0 Å². The molecule has 0 saturated heterocycles. The molecule has 3 rings (SSSR count). The lowest BCUT2D eigenvalue weighted by atomic mass is 9.74. The van der Waals surface area contributed by atoms with Crippen LogP contribution in [0.2, 0.25) is 0 Å². The fraction of sp³-hybridized carbons (Fsp3) is 0.211. The molecule has 0 N–H and O–H groups in total. The Balaban J connectivity index is 2.27. The Morgan fingerprint density at radius 2 is 1.65 bits per heavy atom. The summed E-state index contributed by atoms with van der Waals surface area (Å²) >= 11 is 0. The molecule has 0 bridgehead atoms. The Morgan fingerprint density at radius 3 is 2.35 bits per heavy atom. The van der Waals surface area contributed by atoms with Gasteiger partial charge in [-0.15, -0.1) is 0 Å². The van der Waals surface area contributed by atoms with Crippen LogP contribution >= 0.6 is 0 Å². The minimum atomic E-state index is -0.0534. The van der Waals surface area contributed by atoms with E-state index in [1.54, 1.807) is 0 Å². The van der Waals surface area contributed by atoms with E-state index in [4.69, 9.17) is 0 Å². The van der Waals surface area contributed by atoms with E-state index in [-0.39, 0.29) is 5.41 Å². The van der Waals surface area contributed by atoms with Crippen LogP contribution in [-0.4, -0.2) is 4.57 Å². The first-order chi connectivity index (χ1) is 9.66. The molecule has 0 saturated carbocycles. The Labute approximate surface area is 120 Å². The monoisotopic (exact) mass is 262 g/mol. The van der Waals surface area contributed by atoms with Gasteiger partial charge in [-0.05, 0) is 23.6 Å². The van der Waals surface area contributed by atoms with Crippen molar-refractivity contribution in [3.8, 4) is 0 Å². The maximum atomic E-state index is 4.22. The van der Waals surface area contributed by atoms with Crippen LogP contribution in [-0.2, 0) is 12.5 Å². The van der Waals surface area contributed by atoms with Gasteiger partial charge in [0.05, 0.1) is 0 Å². The Bertz CT molecular complexity index is 724. The molecule has 1 unspecified atom stereocenters. The van der Waals surface area contributed by atoms with Gasteiger partial charge in [-0.1, -0.05) is 62.4 Å². The third kappa shape index (κ3) is 1.85. The van der Waals surface area contributed by atoms with E-state index in [9.17, 15) is 0 Å². The number of hydrogen-bond acceptors (Lipinski definition) is 0. The van der Waals surface area contributed by atoms with Crippen LogP contribution in [0.5, 0.6) is 0 Å². The van der Waals surface area contributed by atoms with Crippen molar-refractivity contribution in [2.24, 2.45) is 7.05 Å². The van der Waals surface area contributed by atoms with Crippen molar-refractivity contribution in [1.29, 1.82) is 0 Å². The van der Waals surface area contributed by atoms with Gasteiger partial charge in [0.15, 0.2) is 0 Å². The number of rotatable bonds is 3. The smallest absolute Gasteiger partial charge is 0.0480 e. The summed E-state index contributed by atoms with van der Waals surface area (Å²) in [5.74, 6) is 0. The van der Waals surface area contributed by atoms with Crippen LogP contribution in [0.25, 0.3) is 10.9 Å². The second kappa shape index (κ2) is 4.82. The lowest BCUT2D eigenvalue weighted by Gasteiger charge is -2.29. The molecule has 0 aliphatic heterocycles. The highest BCUT2D eigenvalue weighted by Crippen LogP contribution is 2.39. The lowest BCUT2D eigenvalue weighted by molar-refractivity contribution is 0.581. The van der Waals surface area contributed by atoms with Crippen LogP contribution in [0.15, 0.2) is 60.8 Å². The van der Waals surface area contributed by atoms with Crippen molar-refractivity contribution < 1.29 is 0 Å². The largest absolute Gasteiger partial charge is 0.350 e. The van der Waals surface area contributed by atoms with Crippen molar-refractivity contribution in [3.05, 3.63) is 78.8 Å². The number of fused-ring (bicyclic) bond motifs is 1. The molecule has 1 heterocycles. The minimum absolute atomic E-state index is 0.0534. The minimum Gasteiger partial charge on any atom is -0.350 e. The van der Waals surface area contributed by atoms with Crippen LogP contribution < -0.4 is 0 Å². The molecular formula is C19H20N. The maximum absolute atomic E-state index is 4.22. The molecule has 0 fully saturated rings. The topological polar surface area (TPSA) is 4.93 Å². The van der Waals surface area contributed by atoms with Gasteiger partial charge in [0, 0.05) is 29.6 Å². The standard InChI is InChI=1S/C19H20N/c1-4-19(2,15-10-6-5-7-11-15)17-14-20(3)18-13-9-8-12-16(17)18/h5-14H,1,4H2,2-3H3. The van der Waals surface area contributed by atoms with Gasteiger partial charge in [0.1, 0.15) is 0 Å². The Kier molecular flexibility index (Phi) is 3.13. The highest BCUT2D eigenvalue weighted by Gasteiger charge is 2.29. The molecule has 0 amide bonds. The molecule has 1 heteroatoms. The van der Waals surface area contributed by atoms with Crippen LogP contribution in [0.4, 0.5) is 0 Å². The molecule has 0 aliphatic carbocycles. The van der Waals surface area contributed by atoms with Crippen molar-refractivity contribution in [1.82, 2.24) is 4.57 Å². The summed E-state index contributed by atoms with van der Waals surface area (Å²) in [6.45, 7) is 6.51. The van der Waals surface area contributed by atoms with Crippen molar-refractivity contribution >= 4 is 10.9 Å². The highest BCUT2D eigenvalue weighted by molar-refractivity contribution is 5.85. The number of nitrogens with zero attached hydrogens (tertiary/aromatic N) is 1. The molecule has 20 heavy (non-hydrogen) atoms. The molecule has 1 atom stereocenters. The average molecular weight is 262 g/mol. The molecule has 101 valence electrons. The first-order valence-corrected chi connectivity index (χ1v) is 7.06. The molecule has 1 radical (unpaired) electrons. The molecule has 0 aliphatic rings. The summed E-state index contributed by atoms with van der Waals surface area (Å²) in [6, 6.07) is 19.3. The summed E-state index contributed by atoms with van der Waals surface area (Å²) in [5, 5.41) is 1.32. The summed E-state index contributed by atoms with van der Waals surface area (Å²) < 4.78 is 2.21. The van der Waals surface area contributed by atoms with E-state index in [0.717, 1.165) is 6.42 Å². The zero-order valence-corrected chi connectivity index (χ0v) is 12.1. The Morgan fingerprint density at radius 1 is 1.00 bits per heavy atom. The van der Waals surface area contributed by atoms with Crippen LogP contribution in [0.1, 0.15) is 24.5 Å². The van der Waals surface area contributed by atoms with E-state index >= 15 is 0 Å². The third-order valence-electron chi connectivity index (χ3n) is 4.40. The lowest BCUT2D eigenvalue weighted by Crippen LogP contribution is -2.22. The second-order valence-corrected chi connectivity index (χ2v) is 5.62. The number of benzene rings is 2. The molecular weight excluding hydrogens is 242 g/mol. The Hall–Kier alpha value is -2.02. The first kappa shape index (κ1) is 13.0. The first-order valence-electron chi connectivity index (χ1n) is 7.06. The predicted molar refractivity (Wildman–Crippen MR) is 85.8 cm³/mol. The number of hydrogen-bond donors (Lipinski definition) is 0. The zero-order valence-electron chi connectivity index (χ0n) is 12.1. The summed E-state index contributed by atoms with van der Waals surface area (Å²) in [6.07, 6.45) is 3.09. The molecule has 0 spiro atoms. The van der Waals surface area contributed by atoms with Crippen molar-refractivity contribution in [2.45, 2.75) is 18.8 Å². The fourth-order valence-electron chi connectivity index (χ4n) is 3.02. The summed E-state index contributed by atoms with van der Waals surface area (Å²) in [7, 11) is 2.11. The average Bonchev–Trinajstić information content (AvgIpc) is 2.85. The van der Waals surface area contributed by atoms with Gasteiger partial charge in [-0.3, -0.25) is 0 Å². The summed E-state index contributed by atoms with van der Waals surface area (Å²) in [4.78, 5) is 0. The maximum Gasteiger partial charge on any atom is 0.0480 e. The van der Waals surface area contributed by atoms with Gasteiger partial charge < -0.3 is 4.57 Å². The molecule has 1 aromatic heterocycles. The normalized spacial score (nSPS) is 14.3. The predicted octanol–water partition coefficient (Wildman–Crippen LogP) is 4.71.